The molecule has 0 heterocycles. The highest BCUT2D eigenvalue weighted by Crippen LogP contribution is 2.36. The van der Waals surface area contributed by atoms with Gasteiger partial charge in [0.15, 0.2) is 0 Å². The first kappa shape index (κ1) is 33.7. The smallest absolute Gasteiger partial charge is 0.273 e. The maximum Gasteiger partial charge on any atom is 0.273 e. The Morgan fingerprint density at radius 1 is 1.13 bits per heavy atom. The third-order valence-electron chi connectivity index (χ3n) is 7.82. The van der Waals surface area contributed by atoms with Crippen LogP contribution in [0.3, 0.4) is 0 Å². The number of nitrogens with one attached hydrogen (secondary N) is 1. The van der Waals surface area contributed by atoms with Gasteiger partial charge in [0.1, 0.15) is 24.2 Å². The second-order valence-corrected chi connectivity index (χ2v) is 13.1. The number of sulfonamides is 1. The van der Waals surface area contributed by atoms with Crippen LogP contribution in [0.5, 0.6) is 5.75 Å². The SMILES string of the molecule is COc1ccc(Cl)cc1N(CC(=O)N(Cc1ccccc1F)[C@H](C)C(=O)NC1CCCC1)S(=O)(=O)c1ccc(C)c([N+](=O)[O-])c1. The van der Waals surface area contributed by atoms with Crippen LogP contribution >= 0.6 is 11.6 Å². The summed E-state index contributed by atoms with van der Waals surface area (Å²) in [5.41, 5.74) is -0.190. The number of hydrogen-bond donors (Lipinski definition) is 1. The maximum absolute atomic E-state index is 14.8. The van der Waals surface area contributed by atoms with E-state index in [1.165, 1.54) is 69.5 Å². The minimum Gasteiger partial charge on any atom is -0.495 e. The molecule has 0 aromatic heterocycles. The number of hydrogen-bond acceptors (Lipinski definition) is 7. The number of amides is 2. The van der Waals surface area contributed by atoms with Crippen molar-refractivity contribution >= 4 is 44.8 Å². The van der Waals surface area contributed by atoms with Crippen molar-refractivity contribution < 1.29 is 32.1 Å². The first-order chi connectivity index (χ1) is 21.3. The van der Waals surface area contributed by atoms with Crippen LogP contribution in [0.25, 0.3) is 0 Å². The third-order valence-corrected chi connectivity index (χ3v) is 9.81. The van der Waals surface area contributed by atoms with Gasteiger partial charge in [-0.05, 0) is 57.0 Å². The molecule has 3 aromatic rings. The van der Waals surface area contributed by atoms with E-state index in [2.05, 4.69) is 5.32 Å². The van der Waals surface area contributed by atoms with Gasteiger partial charge in [-0.2, -0.15) is 0 Å². The van der Waals surface area contributed by atoms with E-state index in [0.29, 0.717) is 0 Å². The molecule has 4 rings (SSSR count). The number of halogens is 2. The van der Waals surface area contributed by atoms with Gasteiger partial charge in [-0.15, -0.1) is 0 Å². The monoisotopic (exact) mass is 660 g/mol. The van der Waals surface area contributed by atoms with Crippen molar-refractivity contribution in [1.82, 2.24) is 10.2 Å². The second kappa shape index (κ2) is 14.2. The Balaban J connectivity index is 1.79. The Hall–Kier alpha value is -4.23. The van der Waals surface area contributed by atoms with E-state index in [4.69, 9.17) is 16.3 Å². The highest BCUT2D eigenvalue weighted by atomic mass is 35.5. The van der Waals surface area contributed by atoms with Crippen molar-refractivity contribution in [2.45, 2.75) is 63.1 Å². The van der Waals surface area contributed by atoms with E-state index in [0.717, 1.165) is 41.0 Å². The second-order valence-electron chi connectivity index (χ2n) is 10.8. The number of benzene rings is 3. The van der Waals surface area contributed by atoms with Crippen molar-refractivity contribution in [3.63, 3.8) is 0 Å². The molecular formula is C31H34ClFN4O7S. The van der Waals surface area contributed by atoms with Crippen molar-refractivity contribution in [3.8, 4) is 5.75 Å². The van der Waals surface area contributed by atoms with Crippen molar-refractivity contribution in [3.05, 3.63) is 92.7 Å². The molecule has 1 fully saturated rings. The number of aryl methyl sites for hydroxylation is 1. The molecule has 14 heteroatoms. The minimum absolute atomic E-state index is 0.0464. The molecule has 45 heavy (non-hydrogen) atoms. The minimum atomic E-state index is -4.68. The van der Waals surface area contributed by atoms with Gasteiger partial charge < -0.3 is 15.0 Å². The summed E-state index contributed by atoms with van der Waals surface area (Å²) in [6, 6.07) is 12.2. The normalized spacial score (nSPS) is 14.1. The number of carbonyl (C=O) groups excluding carboxylic acids is 2. The molecule has 11 nitrogen and oxygen atoms in total. The molecule has 2 amide bonds. The molecule has 240 valence electrons. The number of nitro groups is 1. The van der Waals surface area contributed by atoms with Gasteiger partial charge in [0, 0.05) is 34.8 Å². The lowest BCUT2D eigenvalue weighted by atomic mass is 10.1. The summed E-state index contributed by atoms with van der Waals surface area (Å²) in [6.45, 7) is 1.76. The fourth-order valence-corrected chi connectivity index (χ4v) is 6.83. The zero-order valence-electron chi connectivity index (χ0n) is 25.0. The lowest BCUT2D eigenvalue weighted by Gasteiger charge is -2.33. The molecule has 1 aliphatic carbocycles. The maximum atomic E-state index is 14.8. The Kier molecular flexibility index (Phi) is 10.7. The Labute approximate surface area is 266 Å². The van der Waals surface area contributed by atoms with E-state index in [-0.39, 0.29) is 40.2 Å². The molecule has 3 aromatic carbocycles. The third kappa shape index (κ3) is 7.71. The van der Waals surface area contributed by atoms with Gasteiger partial charge >= 0.3 is 0 Å². The fourth-order valence-electron chi connectivity index (χ4n) is 5.23. The summed E-state index contributed by atoms with van der Waals surface area (Å²) < 4.78 is 49.3. The van der Waals surface area contributed by atoms with E-state index in [1.807, 2.05) is 0 Å². The average Bonchev–Trinajstić information content (AvgIpc) is 3.52. The molecule has 0 spiro atoms. The Bertz CT molecular complexity index is 1700. The van der Waals surface area contributed by atoms with Crippen molar-refractivity contribution in [2.75, 3.05) is 18.0 Å². The van der Waals surface area contributed by atoms with Crippen LogP contribution in [0.1, 0.15) is 43.7 Å². The van der Waals surface area contributed by atoms with Crippen LogP contribution < -0.4 is 14.4 Å². The number of rotatable bonds is 12. The van der Waals surface area contributed by atoms with Crippen LogP contribution in [0, 0.1) is 22.9 Å². The molecule has 0 unspecified atom stereocenters. The Morgan fingerprint density at radius 2 is 1.82 bits per heavy atom. The van der Waals surface area contributed by atoms with E-state index in [1.54, 1.807) is 6.07 Å². The number of nitrogens with zero attached hydrogens (tertiary/aromatic N) is 3. The number of carbonyl (C=O) groups is 2. The van der Waals surface area contributed by atoms with Gasteiger partial charge in [0.05, 0.1) is 22.6 Å². The predicted molar refractivity (Wildman–Crippen MR) is 167 cm³/mol. The van der Waals surface area contributed by atoms with Crippen LogP contribution in [0.15, 0.2) is 65.6 Å². The largest absolute Gasteiger partial charge is 0.495 e. The molecule has 0 bridgehead atoms. The molecule has 1 saturated carbocycles. The zero-order valence-corrected chi connectivity index (χ0v) is 26.6. The first-order valence-corrected chi connectivity index (χ1v) is 16.1. The van der Waals surface area contributed by atoms with Crippen molar-refractivity contribution in [2.24, 2.45) is 0 Å². The van der Waals surface area contributed by atoms with E-state index in [9.17, 15) is 32.5 Å². The number of methoxy groups -OCH3 is 1. The van der Waals surface area contributed by atoms with Crippen LogP contribution in [-0.2, 0) is 26.2 Å². The predicted octanol–water partition coefficient (Wildman–Crippen LogP) is 5.38. The Morgan fingerprint density at radius 3 is 2.47 bits per heavy atom. The van der Waals surface area contributed by atoms with Gasteiger partial charge in [0.2, 0.25) is 11.8 Å². The standard InChI is InChI=1S/C31H34ClFN4O7S/c1-20-12-14-25(17-27(20)37(40)41)45(42,43)36(28-16-23(32)13-15-29(28)44-3)19-30(38)35(18-22-8-4-7-11-26(22)33)21(2)31(39)34-24-9-5-6-10-24/h4,7-8,11-17,21,24H,5-6,9-10,18-19H2,1-3H3,(H,34,39)/t21-/m1/s1. The molecule has 1 N–H and O–H groups in total. The summed E-state index contributed by atoms with van der Waals surface area (Å²) in [6.07, 6.45) is 3.51. The number of anilines is 1. The quantitative estimate of drug-likeness (QED) is 0.203. The molecule has 0 radical (unpaired) electrons. The van der Waals surface area contributed by atoms with Crippen LogP contribution in [0.2, 0.25) is 5.02 Å². The van der Waals surface area contributed by atoms with Gasteiger partial charge in [-0.3, -0.25) is 24.0 Å². The molecule has 1 aliphatic rings. The highest BCUT2D eigenvalue weighted by Gasteiger charge is 2.35. The highest BCUT2D eigenvalue weighted by molar-refractivity contribution is 7.92. The lowest BCUT2D eigenvalue weighted by Crippen LogP contribution is -2.52. The van der Waals surface area contributed by atoms with Crippen molar-refractivity contribution in [1.29, 1.82) is 0 Å². The van der Waals surface area contributed by atoms with Crippen LogP contribution in [-0.4, -0.2) is 55.8 Å². The van der Waals surface area contributed by atoms with Gasteiger partial charge in [-0.25, -0.2) is 12.8 Å². The summed E-state index contributed by atoms with van der Waals surface area (Å²) in [5.74, 6) is -1.85. The lowest BCUT2D eigenvalue weighted by molar-refractivity contribution is -0.385. The molecule has 0 aliphatic heterocycles. The average molecular weight is 661 g/mol. The summed E-state index contributed by atoms with van der Waals surface area (Å²) in [5, 5.41) is 14.7. The van der Waals surface area contributed by atoms with Gasteiger partial charge in [-0.1, -0.05) is 48.7 Å². The number of ether oxygens (including phenoxy) is 1. The summed E-state index contributed by atoms with van der Waals surface area (Å²) in [4.78, 5) is 39.1. The zero-order chi connectivity index (χ0) is 32.9. The first-order valence-electron chi connectivity index (χ1n) is 14.3. The van der Waals surface area contributed by atoms with Crippen LogP contribution in [0.4, 0.5) is 15.8 Å². The topological polar surface area (TPSA) is 139 Å². The summed E-state index contributed by atoms with van der Waals surface area (Å²) in [7, 11) is -3.38. The van der Waals surface area contributed by atoms with Gasteiger partial charge in [0.25, 0.3) is 15.7 Å². The van der Waals surface area contributed by atoms with E-state index < -0.39 is 55.7 Å². The van der Waals surface area contributed by atoms with E-state index >= 15 is 0 Å². The molecular weight excluding hydrogens is 627 g/mol. The summed E-state index contributed by atoms with van der Waals surface area (Å²) >= 11 is 6.24. The molecule has 0 saturated heterocycles. The molecule has 1 atom stereocenters. The number of nitro benzene ring substituents is 1. The fraction of sp³-hybridized carbons (Fsp3) is 0.355.